The zero-order valence-electron chi connectivity index (χ0n) is 10.1. The van der Waals surface area contributed by atoms with Crippen molar-refractivity contribution in [1.29, 1.82) is 0 Å². The Kier molecular flexibility index (Phi) is 2.40. The molecule has 2 aromatic rings. The quantitative estimate of drug-likeness (QED) is 0.866. The summed E-state index contributed by atoms with van der Waals surface area (Å²) in [5.41, 5.74) is 3.50. The Morgan fingerprint density at radius 3 is 3.11 bits per heavy atom. The van der Waals surface area contributed by atoms with Crippen LogP contribution in [0.3, 0.4) is 0 Å². The highest BCUT2D eigenvalue weighted by molar-refractivity contribution is 5.69. The Hall–Kier alpha value is -2.17. The number of carbonyl (C=O) groups is 1. The molecule has 0 aliphatic carbocycles. The molecular weight excluding hydrogens is 230 g/mol. The Morgan fingerprint density at radius 2 is 2.33 bits per heavy atom. The Labute approximate surface area is 104 Å². The molecule has 0 spiro atoms. The first-order valence-corrected chi connectivity index (χ1v) is 5.89. The standard InChI is InChI=1S/C13H13N3O2/c1-8-2-3-9-4-5-16-13(10(9)6-8)14-11(15-16)7-12(17)18/h2-3,6H,4-5,7H2,1H3,(H,17,18). The van der Waals surface area contributed by atoms with Gasteiger partial charge in [-0.25, -0.2) is 9.67 Å². The third-order valence-electron chi connectivity index (χ3n) is 3.12. The zero-order chi connectivity index (χ0) is 12.7. The van der Waals surface area contributed by atoms with Crippen LogP contribution in [-0.4, -0.2) is 25.8 Å². The molecule has 18 heavy (non-hydrogen) atoms. The Morgan fingerprint density at radius 1 is 1.50 bits per heavy atom. The normalized spacial score (nSPS) is 12.9. The summed E-state index contributed by atoms with van der Waals surface area (Å²) in [7, 11) is 0. The first kappa shape index (κ1) is 11.0. The molecule has 0 saturated heterocycles. The molecule has 5 heteroatoms. The molecule has 0 amide bonds. The predicted octanol–water partition coefficient (Wildman–Crippen LogP) is 1.44. The van der Waals surface area contributed by atoms with Crippen LogP contribution in [0.4, 0.5) is 0 Å². The maximum absolute atomic E-state index is 10.7. The van der Waals surface area contributed by atoms with Crippen molar-refractivity contribution >= 4 is 5.97 Å². The number of rotatable bonds is 2. The van der Waals surface area contributed by atoms with Crippen LogP contribution in [0.15, 0.2) is 18.2 Å². The molecular formula is C13H13N3O2. The van der Waals surface area contributed by atoms with Crippen LogP contribution in [0.5, 0.6) is 0 Å². The van der Waals surface area contributed by atoms with Crippen LogP contribution in [0, 0.1) is 6.92 Å². The fourth-order valence-electron chi connectivity index (χ4n) is 2.30. The number of hydrogen-bond donors (Lipinski definition) is 1. The minimum Gasteiger partial charge on any atom is -0.481 e. The predicted molar refractivity (Wildman–Crippen MR) is 65.2 cm³/mol. The lowest BCUT2D eigenvalue weighted by Crippen LogP contribution is -2.12. The summed E-state index contributed by atoms with van der Waals surface area (Å²) in [5, 5.41) is 13.0. The Bertz CT molecular complexity index is 631. The number of fused-ring (bicyclic) bond motifs is 3. The third kappa shape index (κ3) is 1.77. The van der Waals surface area contributed by atoms with Crippen LogP contribution in [0.25, 0.3) is 11.4 Å². The minimum absolute atomic E-state index is 0.124. The summed E-state index contributed by atoms with van der Waals surface area (Å²) < 4.78 is 1.81. The molecule has 92 valence electrons. The topological polar surface area (TPSA) is 68.0 Å². The van der Waals surface area contributed by atoms with Gasteiger partial charge in [-0.1, -0.05) is 17.7 Å². The van der Waals surface area contributed by atoms with Crippen molar-refractivity contribution in [2.24, 2.45) is 0 Å². The van der Waals surface area contributed by atoms with Gasteiger partial charge in [0, 0.05) is 12.1 Å². The number of aryl methyl sites for hydroxylation is 3. The van der Waals surface area contributed by atoms with E-state index in [0.717, 1.165) is 24.4 Å². The van der Waals surface area contributed by atoms with Gasteiger partial charge in [-0.3, -0.25) is 4.79 Å². The van der Waals surface area contributed by atoms with Crippen LogP contribution in [-0.2, 0) is 24.2 Å². The van der Waals surface area contributed by atoms with Crippen molar-refractivity contribution in [3.63, 3.8) is 0 Å². The lowest BCUT2D eigenvalue weighted by molar-refractivity contribution is -0.136. The molecule has 0 radical (unpaired) electrons. The zero-order valence-corrected chi connectivity index (χ0v) is 10.1. The molecule has 1 aliphatic heterocycles. The third-order valence-corrected chi connectivity index (χ3v) is 3.12. The van der Waals surface area contributed by atoms with Gasteiger partial charge in [-0.2, -0.15) is 5.10 Å². The van der Waals surface area contributed by atoms with Gasteiger partial charge >= 0.3 is 5.97 Å². The lowest BCUT2D eigenvalue weighted by atomic mass is 9.99. The SMILES string of the molecule is Cc1ccc2c(c1)-c1nc(CC(=O)O)nn1CC2. The van der Waals surface area contributed by atoms with E-state index in [1.807, 2.05) is 6.92 Å². The van der Waals surface area contributed by atoms with Gasteiger partial charge in [0.05, 0.1) is 0 Å². The van der Waals surface area contributed by atoms with E-state index in [9.17, 15) is 4.79 Å². The monoisotopic (exact) mass is 243 g/mol. The molecule has 1 aliphatic rings. The first-order chi connectivity index (χ1) is 8.63. The molecule has 0 bridgehead atoms. The minimum atomic E-state index is -0.901. The fourth-order valence-corrected chi connectivity index (χ4v) is 2.30. The molecule has 5 nitrogen and oxygen atoms in total. The van der Waals surface area contributed by atoms with Crippen molar-refractivity contribution in [2.75, 3.05) is 0 Å². The summed E-state index contributed by atoms with van der Waals surface area (Å²) in [5.74, 6) is 0.269. The van der Waals surface area contributed by atoms with Crippen LogP contribution in [0.2, 0.25) is 0 Å². The maximum atomic E-state index is 10.7. The molecule has 2 heterocycles. The van der Waals surface area contributed by atoms with Crippen LogP contribution < -0.4 is 0 Å². The van der Waals surface area contributed by atoms with Gasteiger partial charge < -0.3 is 5.11 Å². The van der Waals surface area contributed by atoms with Gasteiger partial charge in [-0.15, -0.1) is 0 Å². The number of hydrogen-bond acceptors (Lipinski definition) is 3. The first-order valence-electron chi connectivity index (χ1n) is 5.89. The highest BCUT2D eigenvalue weighted by Crippen LogP contribution is 2.28. The average Bonchev–Trinajstić information content (AvgIpc) is 2.70. The molecule has 1 N–H and O–H groups in total. The van der Waals surface area contributed by atoms with Crippen LogP contribution >= 0.6 is 0 Å². The van der Waals surface area contributed by atoms with E-state index in [-0.39, 0.29) is 6.42 Å². The van der Waals surface area contributed by atoms with Gasteiger partial charge in [0.25, 0.3) is 0 Å². The molecule has 0 atom stereocenters. The van der Waals surface area contributed by atoms with Gasteiger partial charge in [0.15, 0.2) is 11.6 Å². The van der Waals surface area contributed by atoms with Gasteiger partial charge in [0.2, 0.25) is 0 Å². The average molecular weight is 243 g/mol. The highest BCUT2D eigenvalue weighted by atomic mass is 16.4. The number of nitrogens with zero attached hydrogens (tertiary/aromatic N) is 3. The molecule has 0 fully saturated rings. The van der Waals surface area contributed by atoms with Crippen molar-refractivity contribution in [3.8, 4) is 11.4 Å². The number of benzene rings is 1. The maximum Gasteiger partial charge on any atom is 0.311 e. The Balaban J connectivity index is 2.08. The van der Waals surface area contributed by atoms with E-state index in [1.54, 1.807) is 4.68 Å². The van der Waals surface area contributed by atoms with E-state index in [0.29, 0.717) is 5.82 Å². The van der Waals surface area contributed by atoms with Crippen molar-refractivity contribution in [2.45, 2.75) is 26.3 Å². The summed E-state index contributed by atoms with van der Waals surface area (Å²) in [6.45, 7) is 2.80. The fraction of sp³-hybridized carbons (Fsp3) is 0.308. The molecule has 0 saturated carbocycles. The number of aromatic nitrogens is 3. The number of carboxylic acid groups (broad SMARTS) is 1. The van der Waals surface area contributed by atoms with E-state index >= 15 is 0 Å². The van der Waals surface area contributed by atoms with E-state index < -0.39 is 5.97 Å². The highest BCUT2D eigenvalue weighted by Gasteiger charge is 2.20. The van der Waals surface area contributed by atoms with Gasteiger partial charge in [-0.05, 0) is 25.0 Å². The van der Waals surface area contributed by atoms with E-state index in [1.165, 1.54) is 11.1 Å². The molecule has 0 unspecified atom stereocenters. The van der Waals surface area contributed by atoms with Crippen LogP contribution in [0.1, 0.15) is 17.0 Å². The van der Waals surface area contributed by atoms with Crippen molar-refractivity contribution < 1.29 is 9.90 Å². The van der Waals surface area contributed by atoms with E-state index in [2.05, 4.69) is 28.3 Å². The second kappa shape index (κ2) is 3.94. The van der Waals surface area contributed by atoms with E-state index in [4.69, 9.17) is 5.11 Å². The summed E-state index contributed by atoms with van der Waals surface area (Å²) in [6, 6.07) is 6.28. The second-order valence-electron chi connectivity index (χ2n) is 4.56. The lowest BCUT2D eigenvalue weighted by Gasteiger charge is -2.16. The smallest absolute Gasteiger partial charge is 0.311 e. The molecule has 1 aromatic carbocycles. The molecule has 3 rings (SSSR count). The molecule has 1 aromatic heterocycles. The number of aliphatic carboxylic acids is 1. The number of carboxylic acids is 1. The largest absolute Gasteiger partial charge is 0.481 e. The van der Waals surface area contributed by atoms with Crippen molar-refractivity contribution in [3.05, 3.63) is 35.2 Å². The summed E-state index contributed by atoms with van der Waals surface area (Å²) in [6.07, 6.45) is 0.791. The van der Waals surface area contributed by atoms with Crippen molar-refractivity contribution in [1.82, 2.24) is 14.8 Å². The summed E-state index contributed by atoms with van der Waals surface area (Å²) in [4.78, 5) is 15.0. The second-order valence-corrected chi connectivity index (χ2v) is 4.56. The summed E-state index contributed by atoms with van der Waals surface area (Å²) >= 11 is 0. The van der Waals surface area contributed by atoms with Gasteiger partial charge in [0.1, 0.15) is 6.42 Å².